The number of dihydropyridines is 1. The minimum Gasteiger partial charge on any atom is -0.288 e. The predicted octanol–water partition coefficient (Wildman–Crippen LogP) is 3.46. The topological polar surface area (TPSA) is 12.4 Å². The quantitative estimate of drug-likeness (QED) is 0.732. The third-order valence-electron chi connectivity index (χ3n) is 2.48. The lowest BCUT2D eigenvalue weighted by atomic mass is 9.99. The van der Waals surface area contributed by atoms with Crippen LogP contribution in [0.2, 0.25) is 0 Å². The molecule has 1 unspecified atom stereocenters. The van der Waals surface area contributed by atoms with Crippen LogP contribution in [-0.2, 0) is 0 Å². The molecular weight excluding hydrogens is 223 g/mol. The average Bonchev–Trinajstić information content (AvgIpc) is 2.19. The first-order chi connectivity index (χ1) is 6.99. The highest BCUT2D eigenvalue weighted by Crippen LogP contribution is 2.34. The van der Waals surface area contributed by atoms with E-state index in [-0.39, 0.29) is 17.7 Å². The Balaban J connectivity index is 2.71. The van der Waals surface area contributed by atoms with Crippen molar-refractivity contribution in [2.45, 2.75) is 37.2 Å². The van der Waals surface area contributed by atoms with Crippen LogP contribution in [0, 0.1) is 0 Å². The number of rotatable bonds is 3. The van der Waals surface area contributed by atoms with Crippen molar-refractivity contribution in [2.24, 2.45) is 4.99 Å². The van der Waals surface area contributed by atoms with Crippen molar-refractivity contribution >= 4 is 18.0 Å². The van der Waals surface area contributed by atoms with E-state index in [0.29, 0.717) is 0 Å². The van der Waals surface area contributed by atoms with Gasteiger partial charge in [0.2, 0.25) is 0 Å². The van der Waals surface area contributed by atoms with Crippen LogP contribution in [0.15, 0.2) is 16.6 Å². The van der Waals surface area contributed by atoms with Gasteiger partial charge in [0, 0.05) is 23.5 Å². The number of alkyl halides is 3. The first kappa shape index (κ1) is 12.6. The van der Waals surface area contributed by atoms with E-state index in [0.717, 1.165) is 12.5 Å². The number of thioether (sulfide) groups is 1. The Morgan fingerprint density at radius 1 is 1.60 bits per heavy atom. The first-order valence-corrected chi connectivity index (χ1v) is 6.10. The second kappa shape index (κ2) is 5.05. The van der Waals surface area contributed by atoms with Gasteiger partial charge in [0.05, 0.1) is 6.04 Å². The van der Waals surface area contributed by atoms with Gasteiger partial charge in [-0.1, -0.05) is 6.92 Å². The van der Waals surface area contributed by atoms with Gasteiger partial charge in [0.15, 0.2) is 0 Å². The van der Waals surface area contributed by atoms with Crippen LogP contribution < -0.4 is 0 Å². The van der Waals surface area contributed by atoms with E-state index in [4.69, 9.17) is 0 Å². The van der Waals surface area contributed by atoms with Crippen molar-refractivity contribution < 1.29 is 13.2 Å². The van der Waals surface area contributed by atoms with Gasteiger partial charge in [0.25, 0.3) is 0 Å². The summed E-state index contributed by atoms with van der Waals surface area (Å²) in [6, 6.07) is -0.230. The molecule has 2 atom stereocenters. The number of halogens is 3. The molecule has 0 spiro atoms. The molecule has 5 heteroatoms. The second-order valence-electron chi connectivity index (χ2n) is 3.44. The van der Waals surface area contributed by atoms with Gasteiger partial charge in [-0.25, -0.2) is 0 Å². The maximum absolute atomic E-state index is 12.4. The summed E-state index contributed by atoms with van der Waals surface area (Å²) in [5, 5.41) is 0.173. The number of aliphatic imine (C=N–C) groups is 1. The molecule has 0 saturated carbocycles. The summed E-state index contributed by atoms with van der Waals surface area (Å²) in [5.74, 6) is 0. The monoisotopic (exact) mass is 237 g/mol. The molecule has 0 fully saturated rings. The minimum absolute atomic E-state index is 0.0132. The highest BCUT2D eigenvalue weighted by Gasteiger charge is 2.36. The van der Waals surface area contributed by atoms with Crippen LogP contribution >= 0.6 is 11.8 Å². The summed E-state index contributed by atoms with van der Waals surface area (Å²) in [4.78, 5) is 4.11. The Bertz CT molecular complexity index is 266. The van der Waals surface area contributed by atoms with Crippen molar-refractivity contribution in [3.05, 3.63) is 11.6 Å². The van der Waals surface area contributed by atoms with Crippen LogP contribution in [0.3, 0.4) is 0 Å². The van der Waals surface area contributed by atoms with E-state index in [1.54, 1.807) is 11.8 Å². The zero-order valence-electron chi connectivity index (χ0n) is 8.71. The van der Waals surface area contributed by atoms with E-state index in [1.165, 1.54) is 6.21 Å². The van der Waals surface area contributed by atoms with E-state index in [1.807, 2.05) is 13.2 Å². The lowest BCUT2D eigenvalue weighted by Gasteiger charge is -2.25. The zero-order valence-corrected chi connectivity index (χ0v) is 9.53. The maximum Gasteiger partial charge on any atom is 0.412 e. The molecule has 0 aromatic heterocycles. The van der Waals surface area contributed by atoms with Crippen molar-refractivity contribution in [3.8, 4) is 0 Å². The van der Waals surface area contributed by atoms with Gasteiger partial charge < -0.3 is 0 Å². The molecule has 0 aromatic carbocycles. The summed E-state index contributed by atoms with van der Waals surface area (Å²) in [6.07, 6.45) is 0.920. The number of hydrogen-bond donors (Lipinski definition) is 0. The van der Waals surface area contributed by atoms with Gasteiger partial charge in [-0.3, -0.25) is 4.99 Å². The molecule has 1 nitrogen and oxygen atoms in total. The predicted molar refractivity (Wildman–Crippen MR) is 58.6 cm³/mol. The van der Waals surface area contributed by atoms with Gasteiger partial charge in [-0.2, -0.15) is 24.9 Å². The largest absolute Gasteiger partial charge is 0.412 e. The van der Waals surface area contributed by atoms with Crippen molar-refractivity contribution in [2.75, 3.05) is 6.26 Å². The highest BCUT2D eigenvalue weighted by atomic mass is 32.2. The molecular formula is C10H14F3NS. The smallest absolute Gasteiger partial charge is 0.288 e. The molecule has 0 N–H and O–H groups in total. The standard InChI is InChI=1S/C10H14F3NS/c1-3-9(15-2)8-6-7(4-5-14-8)10(11,12)13/h4-5,8-9H,3,6H2,1-2H3/t8?,9-/m1/s1. The number of allylic oxidation sites excluding steroid dienone is 1. The molecule has 0 aliphatic carbocycles. The lowest BCUT2D eigenvalue weighted by Crippen LogP contribution is -2.27. The van der Waals surface area contributed by atoms with Crippen LogP contribution in [0.4, 0.5) is 13.2 Å². The molecule has 0 amide bonds. The van der Waals surface area contributed by atoms with Crippen LogP contribution in [-0.4, -0.2) is 29.9 Å². The van der Waals surface area contributed by atoms with E-state index in [2.05, 4.69) is 4.99 Å². The van der Waals surface area contributed by atoms with Gasteiger partial charge in [-0.15, -0.1) is 0 Å². The molecule has 1 aliphatic heterocycles. The summed E-state index contributed by atoms with van der Waals surface area (Å²) < 4.78 is 37.3. The SMILES string of the molecule is CC[C@@H](SC)C1CC(C(F)(F)F)=CC=N1. The summed E-state index contributed by atoms with van der Waals surface area (Å²) >= 11 is 1.58. The normalized spacial score (nSPS) is 23.8. The fraction of sp³-hybridized carbons (Fsp3) is 0.700. The Labute approximate surface area is 91.8 Å². The molecule has 15 heavy (non-hydrogen) atoms. The molecule has 0 radical (unpaired) electrons. The van der Waals surface area contributed by atoms with Gasteiger partial charge in [0.1, 0.15) is 0 Å². The molecule has 0 aromatic rings. The van der Waals surface area contributed by atoms with Crippen LogP contribution in [0.1, 0.15) is 19.8 Å². The Morgan fingerprint density at radius 3 is 2.73 bits per heavy atom. The third kappa shape index (κ3) is 3.26. The highest BCUT2D eigenvalue weighted by molar-refractivity contribution is 7.99. The molecule has 0 saturated heterocycles. The second-order valence-corrected chi connectivity index (χ2v) is 4.52. The van der Waals surface area contributed by atoms with Crippen LogP contribution in [0.5, 0.6) is 0 Å². The van der Waals surface area contributed by atoms with E-state index >= 15 is 0 Å². The van der Waals surface area contributed by atoms with Crippen molar-refractivity contribution in [1.29, 1.82) is 0 Å². The van der Waals surface area contributed by atoms with E-state index in [9.17, 15) is 13.2 Å². The first-order valence-electron chi connectivity index (χ1n) is 4.81. The molecule has 86 valence electrons. The molecule has 1 rings (SSSR count). The number of hydrogen-bond acceptors (Lipinski definition) is 2. The minimum atomic E-state index is -4.21. The van der Waals surface area contributed by atoms with E-state index < -0.39 is 11.7 Å². The Hall–Kier alpha value is -0.450. The third-order valence-corrected chi connectivity index (χ3v) is 3.73. The fourth-order valence-corrected chi connectivity index (χ4v) is 2.44. The zero-order chi connectivity index (χ0) is 11.5. The van der Waals surface area contributed by atoms with Crippen molar-refractivity contribution in [3.63, 3.8) is 0 Å². The lowest BCUT2D eigenvalue weighted by molar-refractivity contribution is -0.0945. The van der Waals surface area contributed by atoms with Gasteiger partial charge >= 0.3 is 6.18 Å². The number of nitrogens with zero attached hydrogens (tertiary/aromatic N) is 1. The summed E-state index contributed by atoms with van der Waals surface area (Å²) in [7, 11) is 0. The average molecular weight is 237 g/mol. The maximum atomic E-state index is 12.4. The molecule has 1 heterocycles. The fourth-order valence-electron chi connectivity index (χ4n) is 1.62. The Morgan fingerprint density at radius 2 is 2.27 bits per heavy atom. The molecule has 1 aliphatic rings. The van der Waals surface area contributed by atoms with Crippen LogP contribution in [0.25, 0.3) is 0 Å². The summed E-state index contributed by atoms with van der Waals surface area (Å²) in [6.45, 7) is 1.97. The molecule has 0 bridgehead atoms. The van der Waals surface area contributed by atoms with Crippen molar-refractivity contribution in [1.82, 2.24) is 0 Å². The Kier molecular flexibility index (Phi) is 4.25. The van der Waals surface area contributed by atoms with Gasteiger partial charge in [-0.05, 0) is 18.8 Å². The summed E-state index contributed by atoms with van der Waals surface area (Å²) in [5.41, 5.74) is -0.463.